The summed E-state index contributed by atoms with van der Waals surface area (Å²) in [5.41, 5.74) is -0.192. The quantitative estimate of drug-likeness (QED) is 0.322. The largest absolute Gasteiger partial charge is 0.468 e. The highest BCUT2D eigenvalue weighted by Gasteiger charge is 2.22. The van der Waals surface area contributed by atoms with Gasteiger partial charge < -0.3 is 4.74 Å². The van der Waals surface area contributed by atoms with Gasteiger partial charge in [-0.3, -0.25) is 19.7 Å². The van der Waals surface area contributed by atoms with Gasteiger partial charge in [-0.15, -0.1) is 0 Å². The van der Waals surface area contributed by atoms with Crippen molar-refractivity contribution in [1.82, 2.24) is 0 Å². The molecule has 0 aliphatic heterocycles. The zero-order chi connectivity index (χ0) is 15.3. The van der Waals surface area contributed by atoms with E-state index in [2.05, 4.69) is 4.74 Å². The van der Waals surface area contributed by atoms with E-state index in [0.717, 1.165) is 31.4 Å². The molecule has 0 bridgehead atoms. The molecule has 0 spiro atoms. The van der Waals surface area contributed by atoms with E-state index in [1.165, 1.54) is 0 Å². The number of benzene rings is 1. The first-order valence-electron chi connectivity index (χ1n) is 5.30. The summed E-state index contributed by atoms with van der Waals surface area (Å²) in [6.45, 7) is 0. The van der Waals surface area contributed by atoms with Crippen LogP contribution in [-0.4, -0.2) is 43.7 Å². The Hall–Kier alpha value is -2.29. The Labute approximate surface area is 114 Å². The molecular weight excluding hydrogens is 290 g/mol. The molecule has 8 nitrogen and oxygen atoms in total. The van der Waals surface area contributed by atoms with Gasteiger partial charge in [-0.25, -0.2) is 8.42 Å². The average molecular weight is 301 g/mol. The number of nitro benzene ring substituents is 1. The van der Waals surface area contributed by atoms with Gasteiger partial charge in [0.15, 0.2) is 15.6 Å². The standard InChI is InChI=1S/C11H11NO7S/c1-19-11(14)7-20(17,18)6-10(13)8-2-4-9(5-3-8)12(15)16/h2-5H,6-7H2,1H3. The van der Waals surface area contributed by atoms with Crippen LogP contribution < -0.4 is 0 Å². The maximum atomic E-state index is 11.7. The Morgan fingerprint density at radius 3 is 2.20 bits per heavy atom. The molecule has 1 aromatic carbocycles. The number of nitro groups is 1. The van der Waals surface area contributed by atoms with Crippen LogP contribution in [-0.2, 0) is 19.4 Å². The van der Waals surface area contributed by atoms with Crippen LogP contribution in [0.1, 0.15) is 10.4 Å². The van der Waals surface area contributed by atoms with E-state index >= 15 is 0 Å². The van der Waals surface area contributed by atoms with Crippen LogP contribution in [0.25, 0.3) is 0 Å². The minimum Gasteiger partial charge on any atom is -0.468 e. The second-order valence-corrected chi connectivity index (χ2v) is 5.90. The number of carbonyl (C=O) groups excluding carboxylic acids is 2. The van der Waals surface area contributed by atoms with Gasteiger partial charge in [0.1, 0.15) is 11.5 Å². The molecule has 0 atom stereocenters. The number of ether oxygens (including phenoxy) is 1. The summed E-state index contributed by atoms with van der Waals surface area (Å²) in [7, 11) is -2.89. The zero-order valence-electron chi connectivity index (χ0n) is 10.4. The SMILES string of the molecule is COC(=O)CS(=O)(=O)CC(=O)c1ccc([N+](=O)[O-])cc1. The number of hydrogen-bond acceptors (Lipinski definition) is 7. The summed E-state index contributed by atoms with van der Waals surface area (Å²) < 4.78 is 27.3. The first kappa shape index (κ1) is 15.8. The van der Waals surface area contributed by atoms with Gasteiger partial charge in [0, 0.05) is 17.7 Å². The molecule has 20 heavy (non-hydrogen) atoms. The first-order valence-corrected chi connectivity index (χ1v) is 7.12. The maximum Gasteiger partial charge on any atom is 0.320 e. The van der Waals surface area contributed by atoms with E-state index < -0.39 is 38.0 Å². The highest BCUT2D eigenvalue weighted by atomic mass is 32.2. The van der Waals surface area contributed by atoms with Crippen molar-refractivity contribution >= 4 is 27.3 Å². The molecule has 0 aliphatic rings. The summed E-state index contributed by atoms with van der Waals surface area (Å²) >= 11 is 0. The second-order valence-electron chi connectivity index (χ2n) is 3.84. The number of nitrogens with zero attached hydrogens (tertiary/aromatic N) is 1. The topological polar surface area (TPSA) is 121 Å². The lowest BCUT2D eigenvalue weighted by atomic mass is 10.1. The highest BCUT2D eigenvalue weighted by molar-refractivity contribution is 7.92. The smallest absolute Gasteiger partial charge is 0.320 e. The molecule has 108 valence electrons. The number of rotatable bonds is 6. The molecule has 1 aromatic rings. The summed E-state index contributed by atoms with van der Waals surface area (Å²) in [5, 5.41) is 10.4. The molecule has 0 saturated heterocycles. The van der Waals surface area contributed by atoms with Gasteiger partial charge >= 0.3 is 5.97 Å². The number of methoxy groups -OCH3 is 1. The maximum absolute atomic E-state index is 11.7. The molecule has 0 fully saturated rings. The number of hydrogen-bond donors (Lipinski definition) is 0. The van der Waals surface area contributed by atoms with Crippen LogP contribution in [0, 0.1) is 10.1 Å². The lowest BCUT2D eigenvalue weighted by molar-refractivity contribution is -0.384. The molecule has 0 saturated carbocycles. The molecule has 0 unspecified atom stereocenters. The van der Waals surface area contributed by atoms with Crippen LogP contribution in [0.3, 0.4) is 0 Å². The Balaban J connectivity index is 2.81. The fraction of sp³-hybridized carbons (Fsp3) is 0.273. The van der Waals surface area contributed by atoms with Gasteiger partial charge in [0.05, 0.1) is 12.0 Å². The number of carbonyl (C=O) groups is 2. The van der Waals surface area contributed by atoms with Crippen molar-refractivity contribution in [2.45, 2.75) is 0 Å². The minimum absolute atomic E-state index is 0.0176. The van der Waals surface area contributed by atoms with Crippen molar-refractivity contribution < 1.29 is 27.7 Å². The molecule has 0 N–H and O–H groups in total. The summed E-state index contributed by atoms with van der Waals surface area (Å²) in [6, 6.07) is 4.52. The zero-order valence-corrected chi connectivity index (χ0v) is 11.3. The Morgan fingerprint density at radius 2 is 1.75 bits per heavy atom. The monoisotopic (exact) mass is 301 g/mol. The van der Waals surface area contributed by atoms with Crippen LogP contribution in [0.15, 0.2) is 24.3 Å². The third kappa shape index (κ3) is 4.43. The van der Waals surface area contributed by atoms with Crippen molar-refractivity contribution in [3.63, 3.8) is 0 Å². The van der Waals surface area contributed by atoms with Crippen molar-refractivity contribution in [3.05, 3.63) is 39.9 Å². The lowest BCUT2D eigenvalue weighted by Gasteiger charge is -2.03. The van der Waals surface area contributed by atoms with Crippen LogP contribution in [0.4, 0.5) is 5.69 Å². The molecule has 0 amide bonds. The molecule has 0 radical (unpaired) electrons. The Morgan fingerprint density at radius 1 is 1.20 bits per heavy atom. The number of sulfone groups is 1. The normalized spacial score (nSPS) is 10.8. The molecular formula is C11H11NO7S. The van der Waals surface area contributed by atoms with Crippen molar-refractivity contribution in [3.8, 4) is 0 Å². The average Bonchev–Trinajstić information content (AvgIpc) is 2.37. The fourth-order valence-corrected chi connectivity index (χ4v) is 2.49. The number of Topliss-reactive ketones (excluding diaryl/α,β-unsaturated/α-hetero) is 1. The fourth-order valence-electron chi connectivity index (χ4n) is 1.34. The van der Waals surface area contributed by atoms with Gasteiger partial charge in [-0.05, 0) is 12.1 Å². The molecule has 1 rings (SSSR count). The van der Waals surface area contributed by atoms with Crippen LogP contribution in [0.5, 0.6) is 0 Å². The number of non-ortho nitro benzene ring substituents is 1. The minimum atomic E-state index is -3.92. The second kappa shape index (κ2) is 6.24. The Bertz CT molecular complexity index is 633. The Kier molecular flexibility index (Phi) is 4.92. The molecule has 9 heteroatoms. The van der Waals surface area contributed by atoms with Gasteiger partial charge in [-0.1, -0.05) is 0 Å². The first-order chi connectivity index (χ1) is 9.25. The summed E-state index contributed by atoms with van der Waals surface area (Å²) in [5.74, 6) is -3.45. The van der Waals surface area contributed by atoms with E-state index in [1.807, 2.05) is 0 Å². The molecule has 0 aliphatic carbocycles. The number of ketones is 1. The predicted octanol–water partition coefficient (Wildman–Crippen LogP) is 0.365. The van der Waals surface area contributed by atoms with E-state index in [4.69, 9.17) is 0 Å². The number of esters is 1. The van der Waals surface area contributed by atoms with Gasteiger partial charge in [-0.2, -0.15) is 0 Å². The summed E-state index contributed by atoms with van der Waals surface area (Å²) in [4.78, 5) is 32.4. The van der Waals surface area contributed by atoms with Crippen molar-refractivity contribution in [1.29, 1.82) is 0 Å². The molecule has 0 aromatic heterocycles. The van der Waals surface area contributed by atoms with Crippen LogP contribution >= 0.6 is 0 Å². The van der Waals surface area contributed by atoms with Crippen LogP contribution in [0.2, 0.25) is 0 Å². The molecule has 0 heterocycles. The summed E-state index contributed by atoms with van der Waals surface area (Å²) in [6.07, 6.45) is 0. The van der Waals surface area contributed by atoms with E-state index in [9.17, 15) is 28.1 Å². The predicted molar refractivity (Wildman–Crippen MR) is 68.1 cm³/mol. The van der Waals surface area contributed by atoms with E-state index in [-0.39, 0.29) is 11.3 Å². The van der Waals surface area contributed by atoms with Crippen molar-refractivity contribution in [2.75, 3.05) is 18.6 Å². The third-order valence-electron chi connectivity index (χ3n) is 2.32. The lowest BCUT2D eigenvalue weighted by Crippen LogP contribution is -2.24. The van der Waals surface area contributed by atoms with Gasteiger partial charge in [0.2, 0.25) is 0 Å². The van der Waals surface area contributed by atoms with Gasteiger partial charge in [0.25, 0.3) is 5.69 Å². The third-order valence-corrected chi connectivity index (χ3v) is 3.69. The highest BCUT2D eigenvalue weighted by Crippen LogP contribution is 2.13. The van der Waals surface area contributed by atoms with E-state index in [1.54, 1.807) is 0 Å². The van der Waals surface area contributed by atoms with E-state index in [0.29, 0.717) is 0 Å². The van der Waals surface area contributed by atoms with Crippen molar-refractivity contribution in [2.24, 2.45) is 0 Å².